The minimum absolute atomic E-state index is 0.00896. The van der Waals surface area contributed by atoms with Gasteiger partial charge in [0.2, 0.25) is 6.79 Å². The molecule has 1 aliphatic rings. The molecule has 0 unspecified atom stereocenters. The lowest BCUT2D eigenvalue weighted by atomic mass is 9.92. The van der Waals surface area contributed by atoms with E-state index in [2.05, 4.69) is 11.7 Å². The molecule has 3 aromatic carbocycles. The van der Waals surface area contributed by atoms with Crippen molar-refractivity contribution in [1.82, 2.24) is 0 Å². The van der Waals surface area contributed by atoms with Crippen LogP contribution in [0.4, 0.5) is 0 Å². The third-order valence-electron chi connectivity index (χ3n) is 5.17. The van der Waals surface area contributed by atoms with Crippen molar-refractivity contribution in [3.8, 4) is 23.0 Å². The molecule has 160 valence electrons. The highest BCUT2D eigenvalue weighted by atomic mass is 16.7. The van der Waals surface area contributed by atoms with Gasteiger partial charge in [-0.05, 0) is 29.3 Å². The molecule has 0 saturated carbocycles. The second-order valence-electron chi connectivity index (χ2n) is 7.17. The molecule has 6 nitrogen and oxygen atoms in total. The molecular weight excluding hydrogens is 396 g/mol. The fraction of sp³-hybridized carbons (Fsp3) is 0.240. The van der Waals surface area contributed by atoms with Crippen LogP contribution in [0.2, 0.25) is 0 Å². The van der Waals surface area contributed by atoms with Crippen molar-refractivity contribution in [1.29, 1.82) is 0 Å². The van der Waals surface area contributed by atoms with Crippen LogP contribution in [0, 0.1) is 0 Å². The Kier molecular flexibility index (Phi) is 6.26. The van der Waals surface area contributed by atoms with Crippen molar-refractivity contribution in [2.45, 2.75) is 19.4 Å². The molecule has 0 saturated heterocycles. The van der Waals surface area contributed by atoms with Crippen molar-refractivity contribution >= 4 is 5.97 Å². The highest BCUT2D eigenvalue weighted by Crippen LogP contribution is 2.42. The average Bonchev–Trinajstić information content (AvgIpc) is 3.28. The molecule has 0 fully saturated rings. The number of rotatable bonds is 8. The first kappa shape index (κ1) is 20.6. The maximum atomic E-state index is 11.6. The van der Waals surface area contributed by atoms with Crippen LogP contribution in [0.5, 0.6) is 23.0 Å². The van der Waals surface area contributed by atoms with Crippen molar-refractivity contribution in [3.05, 3.63) is 83.4 Å². The van der Waals surface area contributed by atoms with Crippen LogP contribution >= 0.6 is 0 Å². The SMILES string of the molecule is COC(=O)COc1cc2c(cc1[C@@H](C)c1ccc(OCc3ccccc3)cc1)OCO2. The molecule has 1 heterocycles. The predicted octanol–water partition coefficient (Wildman–Crippen LogP) is 4.70. The van der Waals surface area contributed by atoms with Gasteiger partial charge in [-0.3, -0.25) is 0 Å². The maximum absolute atomic E-state index is 11.6. The number of hydrogen-bond donors (Lipinski definition) is 0. The lowest BCUT2D eigenvalue weighted by Gasteiger charge is -2.18. The van der Waals surface area contributed by atoms with E-state index in [1.54, 1.807) is 6.07 Å². The maximum Gasteiger partial charge on any atom is 0.343 e. The highest BCUT2D eigenvalue weighted by molar-refractivity contribution is 5.71. The Bertz CT molecular complexity index is 1030. The van der Waals surface area contributed by atoms with E-state index in [4.69, 9.17) is 18.9 Å². The first-order valence-electron chi connectivity index (χ1n) is 10.0. The summed E-state index contributed by atoms with van der Waals surface area (Å²) in [6.07, 6.45) is 0. The number of carbonyl (C=O) groups excluding carboxylic acids is 1. The number of benzene rings is 3. The van der Waals surface area contributed by atoms with E-state index in [0.717, 1.165) is 22.4 Å². The minimum atomic E-state index is -0.448. The number of methoxy groups -OCH3 is 1. The molecule has 0 N–H and O–H groups in total. The van der Waals surface area contributed by atoms with E-state index in [1.165, 1.54) is 7.11 Å². The van der Waals surface area contributed by atoms with E-state index in [0.29, 0.717) is 23.9 Å². The smallest absolute Gasteiger partial charge is 0.343 e. The summed E-state index contributed by atoms with van der Waals surface area (Å²) in [5, 5.41) is 0. The fourth-order valence-corrected chi connectivity index (χ4v) is 3.37. The van der Waals surface area contributed by atoms with Gasteiger partial charge < -0.3 is 23.7 Å². The van der Waals surface area contributed by atoms with Crippen LogP contribution < -0.4 is 18.9 Å². The molecule has 0 radical (unpaired) electrons. The fourth-order valence-electron chi connectivity index (χ4n) is 3.37. The van der Waals surface area contributed by atoms with Gasteiger partial charge in [0.15, 0.2) is 18.1 Å². The number of carbonyl (C=O) groups is 1. The Morgan fingerprint density at radius 1 is 0.968 bits per heavy atom. The Labute approximate surface area is 181 Å². The highest BCUT2D eigenvalue weighted by Gasteiger charge is 2.22. The molecule has 0 aliphatic carbocycles. The summed E-state index contributed by atoms with van der Waals surface area (Å²) in [5.74, 6) is 2.16. The molecule has 0 amide bonds. The summed E-state index contributed by atoms with van der Waals surface area (Å²) < 4.78 is 27.3. The molecule has 6 heteroatoms. The van der Waals surface area contributed by atoms with Crippen LogP contribution in [-0.2, 0) is 16.1 Å². The predicted molar refractivity (Wildman–Crippen MR) is 115 cm³/mol. The van der Waals surface area contributed by atoms with Gasteiger partial charge in [-0.15, -0.1) is 0 Å². The summed E-state index contributed by atoms with van der Waals surface area (Å²) in [6, 6.07) is 21.7. The lowest BCUT2D eigenvalue weighted by molar-refractivity contribution is -0.142. The quantitative estimate of drug-likeness (QED) is 0.493. The van der Waals surface area contributed by atoms with Crippen molar-refractivity contribution in [3.63, 3.8) is 0 Å². The van der Waals surface area contributed by atoms with Gasteiger partial charge in [-0.1, -0.05) is 49.4 Å². The van der Waals surface area contributed by atoms with E-state index in [9.17, 15) is 4.79 Å². The third-order valence-corrected chi connectivity index (χ3v) is 5.17. The molecule has 1 aliphatic heterocycles. The normalized spacial score (nSPS) is 12.8. The minimum Gasteiger partial charge on any atom is -0.489 e. The van der Waals surface area contributed by atoms with Crippen molar-refractivity contribution in [2.75, 3.05) is 20.5 Å². The Balaban J connectivity index is 1.51. The van der Waals surface area contributed by atoms with Crippen LogP contribution in [-0.4, -0.2) is 26.5 Å². The standard InChI is InChI=1S/C25H24O6/c1-17(19-8-10-20(11-9-19)28-14-18-6-4-3-5-7-18)21-12-23-24(31-16-30-23)13-22(21)29-15-25(26)27-2/h3-13,17H,14-16H2,1-2H3/t17-/m0/s1. The van der Waals surface area contributed by atoms with Gasteiger partial charge >= 0.3 is 5.97 Å². The zero-order chi connectivity index (χ0) is 21.6. The second kappa shape index (κ2) is 9.43. The Morgan fingerprint density at radius 3 is 2.39 bits per heavy atom. The zero-order valence-electron chi connectivity index (χ0n) is 17.5. The topological polar surface area (TPSA) is 63.2 Å². The van der Waals surface area contributed by atoms with Gasteiger partial charge in [0.1, 0.15) is 18.1 Å². The molecule has 0 spiro atoms. The van der Waals surface area contributed by atoms with E-state index < -0.39 is 5.97 Å². The number of esters is 1. The average molecular weight is 420 g/mol. The molecule has 0 bridgehead atoms. The Hall–Kier alpha value is -3.67. The van der Waals surface area contributed by atoms with Crippen LogP contribution in [0.1, 0.15) is 29.5 Å². The molecule has 31 heavy (non-hydrogen) atoms. The molecule has 4 rings (SSSR count). The summed E-state index contributed by atoms with van der Waals surface area (Å²) in [5.41, 5.74) is 3.09. The zero-order valence-corrected chi connectivity index (χ0v) is 17.5. The van der Waals surface area contributed by atoms with Gasteiger partial charge in [0.05, 0.1) is 7.11 Å². The largest absolute Gasteiger partial charge is 0.489 e. The summed E-state index contributed by atoms with van der Waals surface area (Å²) in [7, 11) is 1.33. The number of hydrogen-bond acceptors (Lipinski definition) is 6. The van der Waals surface area contributed by atoms with Crippen molar-refractivity contribution < 1.29 is 28.5 Å². The monoisotopic (exact) mass is 420 g/mol. The van der Waals surface area contributed by atoms with Crippen molar-refractivity contribution in [2.24, 2.45) is 0 Å². The number of fused-ring (bicyclic) bond motifs is 1. The molecule has 1 atom stereocenters. The summed E-state index contributed by atoms with van der Waals surface area (Å²) in [4.78, 5) is 11.6. The van der Waals surface area contributed by atoms with Gasteiger partial charge in [0, 0.05) is 17.5 Å². The van der Waals surface area contributed by atoms with Gasteiger partial charge in [-0.25, -0.2) is 4.79 Å². The van der Waals surface area contributed by atoms with Crippen LogP contribution in [0.15, 0.2) is 66.7 Å². The molecule has 3 aromatic rings. The first-order valence-corrected chi connectivity index (χ1v) is 10.0. The first-order chi connectivity index (χ1) is 15.1. The molecule has 0 aromatic heterocycles. The number of ether oxygens (including phenoxy) is 5. The van der Waals surface area contributed by atoms with Crippen LogP contribution in [0.3, 0.4) is 0 Å². The second-order valence-corrected chi connectivity index (χ2v) is 7.17. The van der Waals surface area contributed by atoms with Gasteiger partial charge in [0.25, 0.3) is 0 Å². The van der Waals surface area contributed by atoms with E-state index in [1.807, 2.05) is 60.7 Å². The summed E-state index contributed by atoms with van der Waals surface area (Å²) in [6.45, 7) is 2.57. The third kappa shape index (κ3) is 4.91. The Morgan fingerprint density at radius 2 is 1.68 bits per heavy atom. The van der Waals surface area contributed by atoms with Crippen LogP contribution in [0.25, 0.3) is 0 Å². The van der Waals surface area contributed by atoms with E-state index in [-0.39, 0.29) is 19.3 Å². The molecular formula is C25H24O6. The van der Waals surface area contributed by atoms with Gasteiger partial charge in [-0.2, -0.15) is 0 Å². The van der Waals surface area contributed by atoms with E-state index >= 15 is 0 Å². The lowest BCUT2D eigenvalue weighted by Crippen LogP contribution is -2.14. The summed E-state index contributed by atoms with van der Waals surface area (Å²) >= 11 is 0.